The zero-order chi connectivity index (χ0) is 14.3. The number of para-hydroxylation sites is 1. The Labute approximate surface area is 116 Å². The van der Waals surface area contributed by atoms with Gasteiger partial charge in [0.15, 0.2) is 0 Å². The van der Waals surface area contributed by atoms with Gasteiger partial charge >= 0.3 is 0 Å². The molecule has 5 heteroatoms. The number of nitrogens with one attached hydrogen (secondary N) is 1. The fourth-order valence-corrected chi connectivity index (χ4v) is 3.95. The van der Waals surface area contributed by atoms with Gasteiger partial charge < -0.3 is 4.98 Å². The van der Waals surface area contributed by atoms with Gasteiger partial charge in [-0.2, -0.15) is 0 Å². The van der Waals surface area contributed by atoms with Crippen LogP contribution in [-0.4, -0.2) is 13.4 Å². The SMILES string of the molecule is Cc1cc(F)ccc1S(=O)(=O)c1c[nH]c2ccccc12. The van der Waals surface area contributed by atoms with Crippen LogP contribution in [0.1, 0.15) is 5.56 Å². The first-order chi connectivity index (χ1) is 9.50. The highest BCUT2D eigenvalue weighted by Crippen LogP contribution is 2.29. The summed E-state index contributed by atoms with van der Waals surface area (Å²) < 4.78 is 38.5. The van der Waals surface area contributed by atoms with Crippen molar-refractivity contribution >= 4 is 20.7 Å². The summed E-state index contributed by atoms with van der Waals surface area (Å²) in [6.07, 6.45) is 1.47. The van der Waals surface area contributed by atoms with Crippen LogP contribution in [-0.2, 0) is 9.84 Å². The van der Waals surface area contributed by atoms with E-state index in [1.807, 2.05) is 12.1 Å². The quantitative estimate of drug-likeness (QED) is 0.735. The molecule has 1 aromatic heterocycles. The van der Waals surface area contributed by atoms with Gasteiger partial charge in [0.2, 0.25) is 9.84 Å². The Hall–Kier alpha value is -2.14. The zero-order valence-corrected chi connectivity index (χ0v) is 11.5. The van der Waals surface area contributed by atoms with Crippen molar-refractivity contribution < 1.29 is 12.8 Å². The van der Waals surface area contributed by atoms with Gasteiger partial charge in [-0.3, -0.25) is 0 Å². The lowest BCUT2D eigenvalue weighted by Gasteiger charge is -2.06. The number of rotatable bonds is 2. The van der Waals surface area contributed by atoms with Crippen molar-refractivity contribution in [2.75, 3.05) is 0 Å². The van der Waals surface area contributed by atoms with Gasteiger partial charge in [-0.05, 0) is 36.8 Å². The number of aryl methyl sites for hydroxylation is 1. The van der Waals surface area contributed by atoms with Crippen LogP contribution in [0.2, 0.25) is 0 Å². The summed E-state index contributed by atoms with van der Waals surface area (Å²) in [6, 6.07) is 10.9. The summed E-state index contributed by atoms with van der Waals surface area (Å²) in [4.78, 5) is 3.28. The highest BCUT2D eigenvalue weighted by Gasteiger charge is 2.23. The first kappa shape index (κ1) is 12.9. The Morgan fingerprint density at radius 3 is 2.55 bits per heavy atom. The molecule has 3 nitrogen and oxygen atoms in total. The normalized spacial score (nSPS) is 11.9. The van der Waals surface area contributed by atoms with E-state index >= 15 is 0 Å². The van der Waals surface area contributed by atoms with E-state index in [1.54, 1.807) is 19.1 Å². The number of halogens is 1. The van der Waals surface area contributed by atoms with E-state index in [2.05, 4.69) is 4.98 Å². The molecule has 0 fully saturated rings. The van der Waals surface area contributed by atoms with Gasteiger partial charge in [-0.25, -0.2) is 12.8 Å². The first-order valence-electron chi connectivity index (χ1n) is 6.07. The Balaban J connectivity index is 2.26. The standard InChI is InChI=1S/C15H12FNO2S/c1-10-8-11(16)6-7-14(10)20(18,19)15-9-17-13-5-3-2-4-12(13)15/h2-9,17H,1H3. The van der Waals surface area contributed by atoms with Crippen molar-refractivity contribution in [3.05, 3.63) is 60.0 Å². The Bertz CT molecular complexity index is 897. The number of hydrogen-bond acceptors (Lipinski definition) is 2. The molecule has 0 atom stereocenters. The fraction of sp³-hybridized carbons (Fsp3) is 0.0667. The topological polar surface area (TPSA) is 49.9 Å². The van der Waals surface area contributed by atoms with E-state index in [9.17, 15) is 12.8 Å². The number of H-pyrrole nitrogens is 1. The van der Waals surface area contributed by atoms with Gasteiger partial charge in [0.25, 0.3) is 0 Å². The second-order valence-corrected chi connectivity index (χ2v) is 6.50. The van der Waals surface area contributed by atoms with Crippen LogP contribution < -0.4 is 0 Å². The first-order valence-corrected chi connectivity index (χ1v) is 7.56. The van der Waals surface area contributed by atoms with Crippen LogP contribution >= 0.6 is 0 Å². The molecule has 0 amide bonds. The van der Waals surface area contributed by atoms with E-state index in [1.165, 1.54) is 18.3 Å². The Kier molecular flexibility index (Phi) is 2.87. The van der Waals surface area contributed by atoms with Crippen LogP contribution in [0.25, 0.3) is 10.9 Å². The summed E-state index contributed by atoms with van der Waals surface area (Å²) in [7, 11) is -3.67. The lowest BCUT2D eigenvalue weighted by molar-refractivity contribution is 0.594. The summed E-state index contributed by atoms with van der Waals surface area (Å²) in [5.74, 6) is -0.444. The minimum atomic E-state index is -3.67. The number of hydrogen-bond donors (Lipinski definition) is 1. The van der Waals surface area contributed by atoms with Gasteiger partial charge in [0.05, 0.1) is 9.79 Å². The number of fused-ring (bicyclic) bond motifs is 1. The molecule has 0 radical (unpaired) electrons. The van der Waals surface area contributed by atoms with Crippen molar-refractivity contribution in [3.63, 3.8) is 0 Å². The maximum Gasteiger partial charge on any atom is 0.208 e. The number of benzene rings is 2. The summed E-state index contributed by atoms with van der Waals surface area (Å²) in [5, 5.41) is 0.635. The highest BCUT2D eigenvalue weighted by molar-refractivity contribution is 7.91. The molecular weight excluding hydrogens is 277 g/mol. The number of sulfone groups is 1. The van der Waals surface area contributed by atoms with Gasteiger partial charge in [0, 0.05) is 17.1 Å². The monoisotopic (exact) mass is 289 g/mol. The molecule has 20 heavy (non-hydrogen) atoms. The average Bonchev–Trinajstić information content (AvgIpc) is 2.82. The Morgan fingerprint density at radius 1 is 1.05 bits per heavy atom. The van der Waals surface area contributed by atoms with Crippen LogP contribution in [0, 0.1) is 12.7 Å². The second-order valence-electron chi connectivity index (χ2n) is 4.61. The van der Waals surface area contributed by atoms with Crippen LogP contribution in [0.4, 0.5) is 4.39 Å². The molecule has 2 aromatic carbocycles. The third kappa shape index (κ3) is 1.91. The summed E-state index contributed by atoms with van der Waals surface area (Å²) in [5.41, 5.74) is 1.15. The number of aromatic amines is 1. The molecule has 0 saturated heterocycles. The van der Waals surface area contributed by atoms with Gasteiger partial charge in [0.1, 0.15) is 5.82 Å². The van der Waals surface area contributed by atoms with Gasteiger partial charge in [-0.15, -0.1) is 0 Å². The van der Waals surface area contributed by atoms with Crippen molar-refractivity contribution in [2.24, 2.45) is 0 Å². The smallest absolute Gasteiger partial charge is 0.208 e. The van der Waals surface area contributed by atoms with Crippen LogP contribution in [0.15, 0.2) is 58.5 Å². The summed E-state index contributed by atoms with van der Waals surface area (Å²) in [6.45, 7) is 1.59. The third-order valence-corrected chi connectivity index (χ3v) is 5.22. The molecule has 0 aliphatic carbocycles. The molecule has 1 N–H and O–H groups in total. The van der Waals surface area contributed by atoms with Crippen molar-refractivity contribution in [1.29, 1.82) is 0 Å². The van der Waals surface area contributed by atoms with E-state index < -0.39 is 15.7 Å². The predicted molar refractivity (Wildman–Crippen MR) is 74.9 cm³/mol. The fourth-order valence-electron chi connectivity index (χ4n) is 2.30. The molecule has 0 aliphatic heterocycles. The second kappa shape index (κ2) is 4.45. The maximum atomic E-state index is 13.1. The van der Waals surface area contributed by atoms with Crippen molar-refractivity contribution in [2.45, 2.75) is 16.7 Å². The molecule has 0 spiro atoms. The largest absolute Gasteiger partial charge is 0.360 e. The molecule has 0 aliphatic rings. The minimum Gasteiger partial charge on any atom is -0.360 e. The zero-order valence-electron chi connectivity index (χ0n) is 10.7. The van der Waals surface area contributed by atoms with E-state index in [4.69, 9.17) is 0 Å². The number of aromatic nitrogens is 1. The lowest BCUT2D eigenvalue weighted by atomic mass is 10.2. The summed E-state index contributed by atoms with van der Waals surface area (Å²) >= 11 is 0. The highest BCUT2D eigenvalue weighted by atomic mass is 32.2. The van der Waals surface area contributed by atoms with Crippen molar-refractivity contribution in [1.82, 2.24) is 4.98 Å². The van der Waals surface area contributed by atoms with E-state index in [0.717, 1.165) is 11.6 Å². The maximum absolute atomic E-state index is 13.1. The van der Waals surface area contributed by atoms with Crippen LogP contribution in [0.3, 0.4) is 0 Å². The molecule has 102 valence electrons. The third-order valence-electron chi connectivity index (χ3n) is 3.27. The van der Waals surface area contributed by atoms with E-state index in [0.29, 0.717) is 10.9 Å². The van der Waals surface area contributed by atoms with Crippen LogP contribution in [0.5, 0.6) is 0 Å². The Morgan fingerprint density at radius 2 is 1.80 bits per heavy atom. The molecule has 3 aromatic rings. The average molecular weight is 289 g/mol. The molecule has 0 unspecified atom stereocenters. The predicted octanol–water partition coefficient (Wildman–Crippen LogP) is 3.45. The minimum absolute atomic E-state index is 0.128. The molecule has 0 saturated carbocycles. The van der Waals surface area contributed by atoms with E-state index in [-0.39, 0.29) is 9.79 Å². The van der Waals surface area contributed by atoms with Gasteiger partial charge in [-0.1, -0.05) is 18.2 Å². The lowest BCUT2D eigenvalue weighted by Crippen LogP contribution is -2.03. The molecule has 1 heterocycles. The molecule has 3 rings (SSSR count). The molecular formula is C15H12FNO2S. The van der Waals surface area contributed by atoms with Crippen molar-refractivity contribution in [3.8, 4) is 0 Å². The molecule has 0 bridgehead atoms.